The van der Waals surface area contributed by atoms with Crippen molar-refractivity contribution in [3.05, 3.63) is 114 Å². The van der Waals surface area contributed by atoms with Crippen molar-refractivity contribution in [3.63, 3.8) is 0 Å². The third-order valence-corrected chi connectivity index (χ3v) is 6.88. The Morgan fingerprint density at radius 2 is 1.29 bits per heavy atom. The Balaban J connectivity index is 1.48. The van der Waals surface area contributed by atoms with Gasteiger partial charge in [-0.3, -0.25) is 4.72 Å². The summed E-state index contributed by atoms with van der Waals surface area (Å²) in [7, 11) is -3.99. The van der Waals surface area contributed by atoms with Crippen molar-refractivity contribution in [1.29, 1.82) is 10.5 Å². The molecule has 1 heterocycles. The summed E-state index contributed by atoms with van der Waals surface area (Å²) >= 11 is 0. The van der Waals surface area contributed by atoms with Gasteiger partial charge in [-0.25, -0.2) is 8.42 Å². The first-order valence-electron chi connectivity index (χ1n) is 11.3. The summed E-state index contributed by atoms with van der Waals surface area (Å²) in [4.78, 5) is 4.46. The Hall–Kier alpha value is -5.38. The van der Waals surface area contributed by atoms with Gasteiger partial charge in [0.25, 0.3) is 10.0 Å². The van der Waals surface area contributed by atoms with Crippen LogP contribution in [0.4, 0.5) is 5.69 Å². The molecule has 4 aromatic carbocycles. The molecular weight excluding hydrogens is 500 g/mol. The summed E-state index contributed by atoms with van der Waals surface area (Å²) in [6, 6.07) is 32.2. The second-order valence-corrected chi connectivity index (χ2v) is 9.78. The van der Waals surface area contributed by atoms with Crippen LogP contribution in [0.2, 0.25) is 0 Å². The lowest BCUT2D eigenvalue weighted by atomic mass is 10.1. The van der Waals surface area contributed by atoms with Gasteiger partial charge in [-0.2, -0.15) is 15.5 Å². The molecule has 0 aliphatic heterocycles. The number of sulfonamides is 1. The zero-order valence-electron chi connectivity index (χ0n) is 19.7. The Morgan fingerprint density at radius 1 is 0.684 bits per heavy atom. The quantitative estimate of drug-likeness (QED) is 0.266. The predicted molar refractivity (Wildman–Crippen MR) is 141 cm³/mol. The molecule has 5 aromatic rings. The third-order valence-electron chi connectivity index (χ3n) is 5.51. The zero-order chi connectivity index (χ0) is 26.5. The Kier molecular flexibility index (Phi) is 6.60. The van der Waals surface area contributed by atoms with E-state index in [-0.39, 0.29) is 22.3 Å². The van der Waals surface area contributed by atoms with Gasteiger partial charge in [0.1, 0.15) is 17.2 Å². The number of hydrogen-bond donors (Lipinski definition) is 1. The van der Waals surface area contributed by atoms with Crippen molar-refractivity contribution >= 4 is 26.5 Å². The minimum absolute atomic E-state index is 0.0507. The standard InChI is InChI=1S/C29H18N4O4S/c30-18-20-5-10-24(11-6-20)36-28-16-15-27(29(32-28)37-25-12-7-21(19-31)8-13-25)33-38(34,35)26-14-9-22-3-1-2-4-23(22)17-26/h1-17,33H. The molecule has 8 nitrogen and oxygen atoms in total. The van der Waals surface area contributed by atoms with E-state index in [4.69, 9.17) is 20.0 Å². The van der Waals surface area contributed by atoms with E-state index in [1.165, 1.54) is 18.2 Å². The number of fused-ring (bicyclic) bond motifs is 1. The van der Waals surface area contributed by atoms with Gasteiger partial charge in [-0.1, -0.05) is 30.3 Å². The van der Waals surface area contributed by atoms with Gasteiger partial charge in [0.05, 0.1) is 28.2 Å². The molecule has 184 valence electrons. The second-order valence-electron chi connectivity index (χ2n) is 8.09. The van der Waals surface area contributed by atoms with Crippen molar-refractivity contribution in [2.75, 3.05) is 4.72 Å². The predicted octanol–water partition coefficient (Wildman–Crippen LogP) is 6.36. The van der Waals surface area contributed by atoms with Crippen LogP contribution in [0.15, 0.2) is 108 Å². The maximum Gasteiger partial charge on any atom is 0.262 e. The van der Waals surface area contributed by atoms with E-state index in [2.05, 4.69) is 9.71 Å². The van der Waals surface area contributed by atoms with Crippen LogP contribution >= 0.6 is 0 Å². The molecule has 0 unspecified atom stereocenters. The van der Waals surface area contributed by atoms with Crippen LogP contribution in [0.25, 0.3) is 10.8 Å². The highest BCUT2D eigenvalue weighted by Gasteiger charge is 2.19. The Morgan fingerprint density at radius 3 is 1.92 bits per heavy atom. The SMILES string of the molecule is N#Cc1ccc(Oc2ccc(NS(=O)(=O)c3ccc4ccccc4c3)c(Oc3ccc(C#N)cc3)n2)cc1. The highest BCUT2D eigenvalue weighted by atomic mass is 32.2. The smallest absolute Gasteiger partial charge is 0.262 e. The fourth-order valence-corrected chi connectivity index (χ4v) is 4.69. The van der Waals surface area contributed by atoms with Gasteiger partial charge < -0.3 is 9.47 Å². The molecule has 0 radical (unpaired) electrons. The van der Waals surface area contributed by atoms with Crippen molar-refractivity contribution < 1.29 is 17.9 Å². The molecule has 0 spiro atoms. The maximum absolute atomic E-state index is 13.3. The second kappa shape index (κ2) is 10.3. The topological polar surface area (TPSA) is 125 Å². The van der Waals surface area contributed by atoms with Crippen LogP contribution in [0.3, 0.4) is 0 Å². The number of hydrogen-bond acceptors (Lipinski definition) is 7. The molecule has 5 rings (SSSR count). The van der Waals surface area contributed by atoms with Crippen molar-refractivity contribution in [3.8, 4) is 35.4 Å². The van der Waals surface area contributed by atoms with E-state index in [9.17, 15) is 8.42 Å². The number of nitrogens with one attached hydrogen (secondary N) is 1. The maximum atomic E-state index is 13.3. The number of benzene rings is 4. The highest BCUT2D eigenvalue weighted by molar-refractivity contribution is 7.92. The van der Waals surface area contributed by atoms with Crippen LogP contribution in [0.5, 0.6) is 23.3 Å². The minimum Gasteiger partial charge on any atom is -0.439 e. The number of nitriles is 2. The molecule has 0 fully saturated rings. The van der Waals surface area contributed by atoms with Crippen LogP contribution in [0.1, 0.15) is 11.1 Å². The summed E-state index contributed by atoms with van der Waals surface area (Å²) in [6.07, 6.45) is 0. The van der Waals surface area contributed by atoms with E-state index in [1.54, 1.807) is 60.7 Å². The van der Waals surface area contributed by atoms with Crippen LogP contribution in [0, 0.1) is 22.7 Å². The first kappa shape index (κ1) is 24.3. The molecular formula is C29H18N4O4S. The van der Waals surface area contributed by atoms with E-state index in [0.29, 0.717) is 22.6 Å². The number of rotatable bonds is 7. The van der Waals surface area contributed by atoms with Gasteiger partial charge in [0, 0.05) is 6.07 Å². The van der Waals surface area contributed by atoms with Crippen molar-refractivity contribution in [2.24, 2.45) is 0 Å². The van der Waals surface area contributed by atoms with Gasteiger partial charge >= 0.3 is 0 Å². The minimum atomic E-state index is -3.99. The molecule has 0 amide bonds. The lowest BCUT2D eigenvalue weighted by molar-refractivity contribution is 0.428. The Labute approximate surface area is 219 Å². The normalized spacial score (nSPS) is 10.8. The molecule has 1 N–H and O–H groups in total. The first-order valence-corrected chi connectivity index (χ1v) is 12.8. The number of anilines is 1. The number of pyridine rings is 1. The summed E-state index contributed by atoms with van der Waals surface area (Å²) in [6.45, 7) is 0. The Bertz CT molecular complexity index is 1820. The molecule has 9 heteroatoms. The van der Waals surface area contributed by atoms with Gasteiger partial charge in [-0.05, 0) is 77.5 Å². The number of nitrogens with zero attached hydrogens (tertiary/aromatic N) is 3. The summed E-state index contributed by atoms with van der Waals surface area (Å²) < 4.78 is 40.8. The van der Waals surface area contributed by atoms with E-state index >= 15 is 0 Å². The van der Waals surface area contributed by atoms with Crippen molar-refractivity contribution in [2.45, 2.75) is 4.90 Å². The van der Waals surface area contributed by atoms with Gasteiger partial charge in [0.15, 0.2) is 0 Å². The van der Waals surface area contributed by atoms with E-state index in [0.717, 1.165) is 10.8 Å². The van der Waals surface area contributed by atoms with E-state index in [1.807, 2.05) is 36.4 Å². The zero-order valence-corrected chi connectivity index (χ0v) is 20.5. The third kappa shape index (κ3) is 5.39. The number of aromatic nitrogens is 1. The van der Waals surface area contributed by atoms with Gasteiger partial charge in [-0.15, -0.1) is 0 Å². The molecule has 1 aromatic heterocycles. The fraction of sp³-hybridized carbons (Fsp3) is 0. The largest absolute Gasteiger partial charge is 0.439 e. The monoisotopic (exact) mass is 518 g/mol. The fourth-order valence-electron chi connectivity index (χ4n) is 3.60. The average molecular weight is 519 g/mol. The molecule has 0 saturated carbocycles. The molecule has 38 heavy (non-hydrogen) atoms. The molecule has 0 aliphatic rings. The lowest BCUT2D eigenvalue weighted by Crippen LogP contribution is -2.14. The molecule has 0 atom stereocenters. The van der Waals surface area contributed by atoms with Crippen LogP contribution in [-0.4, -0.2) is 13.4 Å². The first-order chi connectivity index (χ1) is 18.4. The lowest BCUT2D eigenvalue weighted by Gasteiger charge is -2.14. The van der Waals surface area contributed by atoms with Crippen LogP contribution < -0.4 is 14.2 Å². The molecule has 0 bridgehead atoms. The van der Waals surface area contributed by atoms with Crippen molar-refractivity contribution in [1.82, 2.24) is 4.98 Å². The number of ether oxygens (including phenoxy) is 2. The average Bonchev–Trinajstić information content (AvgIpc) is 2.95. The highest BCUT2D eigenvalue weighted by Crippen LogP contribution is 2.33. The molecule has 0 saturated heterocycles. The summed E-state index contributed by atoms with van der Waals surface area (Å²) in [5.41, 5.74) is 1.02. The summed E-state index contributed by atoms with van der Waals surface area (Å²) in [5, 5.41) is 19.8. The van der Waals surface area contributed by atoms with Crippen LogP contribution in [-0.2, 0) is 10.0 Å². The summed E-state index contributed by atoms with van der Waals surface area (Å²) in [5.74, 6) is 0.876. The molecule has 0 aliphatic carbocycles. The van der Waals surface area contributed by atoms with Gasteiger partial charge in [0.2, 0.25) is 11.8 Å². The van der Waals surface area contributed by atoms with E-state index < -0.39 is 10.0 Å².